The van der Waals surface area contributed by atoms with Crippen molar-refractivity contribution in [2.24, 2.45) is 5.73 Å². The SMILES string of the molecule is CCOc1ccccc1-c1ncc(CN)s1. The third-order valence-electron chi connectivity index (χ3n) is 2.17. The maximum Gasteiger partial charge on any atom is 0.129 e. The number of para-hydroxylation sites is 1. The smallest absolute Gasteiger partial charge is 0.129 e. The second-order valence-corrected chi connectivity index (χ2v) is 4.38. The minimum absolute atomic E-state index is 0.536. The van der Waals surface area contributed by atoms with Crippen LogP contribution < -0.4 is 10.5 Å². The van der Waals surface area contributed by atoms with Gasteiger partial charge in [0.1, 0.15) is 10.8 Å². The fourth-order valence-electron chi connectivity index (χ4n) is 1.45. The fraction of sp³-hybridized carbons (Fsp3) is 0.250. The molecule has 0 saturated heterocycles. The maximum absolute atomic E-state index is 5.58. The van der Waals surface area contributed by atoms with Crippen LogP contribution in [0.15, 0.2) is 30.5 Å². The number of hydrogen-bond acceptors (Lipinski definition) is 4. The van der Waals surface area contributed by atoms with Gasteiger partial charge in [0.25, 0.3) is 0 Å². The van der Waals surface area contributed by atoms with Crippen molar-refractivity contribution in [2.45, 2.75) is 13.5 Å². The molecular weight excluding hydrogens is 220 g/mol. The van der Waals surface area contributed by atoms with Crippen LogP contribution in [-0.4, -0.2) is 11.6 Å². The van der Waals surface area contributed by atoms with Gasteiger partial charge in [0.05, 0.1) is 12.2 Å². The highest BCUT2D eigenvalue weighted by Gasteiger charge is 2.09. The zero-order valence-electron chi connectivity index (χ0n) is 9.14. The van der Waals surface area contributed by atoms with Crippen molar-refractivity contribution in [1.29, 1.82) is 0 Å². The summed E-state index contributed by atoms with van der Waals surface area (Å²) in [5.41, 5.74) is 6.61. The van der Waals surface area contributed by atoms with Crippen LogP contribution in [0.4, 0.5) is 0 Å². The number of aromatic nitrogens is 1. The molecule has 0 radical (unpaired) electrons. The van der Waals surface area contributed by atoms with Crippen molar-refractivity contribution in [1.82, 2.24) is 4.98 Å². The molecule has 16 heavy (non-hydrogen) atoms. The third-order valence-corrected chi connectivity index (χ3v) is 3.22. The molecule has 0 aliphatic carbocycles. The van der Waals surface area contributed by atoms with Crippen LogP contribution in [0.5, 0.6) is 5.75 Å². The van der Waals surface area contributed by atoms with E-state index < -0.39 is 0 Å². The van der Waals surface area contributed by atoms with E-state index in [2.05, 4.69) is 4.98 Å². The number of hydrogen-bond donors (Lipinski definition) is 1. The van der Waals surface area contributed by atoms with Crippen LogP contribution in [0.1, 0.15) is 11.8 Å². The van der Waals surface area contributed by atoms with Crippen LogP contribution in [0, 0.1) is 0 Å². The lowest BCUT2D eigenvalue weighted by atomic mass is 10.2. The second-order valence-electron chi connectivity index (χ2n) is 3.27. The Labute approximate surface area is 98.9 Å². The number of thiazole rings is 1. The summed E-state index contributed by atoms with van der Waals surface area (Å²) in [4.78, 5) is 5.44. The van der Waals surface area contributed by atoms with Gasteiger partial charge in [0.2, 0.25) is 0 Å². The van der Waals surface area contributed by atoms with Gasteiger partial charge in [-0.3, -0.25) is 0 Å². The molecule has 0 amide bonds. The highest BCUT2D eigenvalue weighted by Crippen LogP contribution is 2.32. The van der Waals surface area contributed by atoms with Crippen molar-refractivity contribution >= 4 is 11.3 Å². The molecule has 0 fully saturated rings. The molecule has 2 aromatic rings. The van der Waals surface area contributed by atoms with Gasteiger partial charge >= 0.3 is 0 Å². The van der Waals surface area contributed by atoms with E-state index in [1.807, 2.05) is 37.4 Å². The second kappa shape index (κ2) is 5.09. The average molecular weight is 234 g/mol. The lowest BCUT2D eigenvalue weighted by molar-refractivity contribution is 0.341. The van der Waals surface area contributed by atoms with Crippen molar-refractivity contribution in [3.8, 4) is 16.3 Å². The van der Waals surface area contributed by atoms with Crippen LogP contribution >= 0.6 is 11.3 Å². The molecule has 3 nitrogen and oxygen atoms in total. The molecular formula is C12H14N2OS. The van der Waals surface area contributed by atoms with Gasteiger partial charge in [0, 0.05) is 17.6 Å². The minimum atomic E-state index is 0.536. The molecule has 0 aliphatic rings. The van der Waals surface area contributed by atoms with Gasteiger partial charge in [0.15, 0.2) is 0 Å². The van der Waals surface area contributed by atoms with E-state index in [-0.39, 0.29) is 0 Å². The number of benzene rings is 1. The molecule has 1 heterocycles. The number of nitrogens with two attached hydrogens (primary N) is 1. The quantitative estimate of drug-likeness (QED) is 0.884. The normalized spacial score (nSPS) is 10.4. The first-order valence-electron chi connectivity index (χ1n) is 5.22. The molecule has 0 aliphatic heterocycles. The Balaban J connectivity index is 2.38. The van der Waals surface area contributed by atoms with Gasteiger partial charge in [-0.05, 0) is 19.1 Å². The average Bonchev–Trinajstić information content (AvgIpc) is 2.79. The molecule has 1 aromatic heterocycles. The van der Waals surface area contributed by atoms with Crippen molar-refractivity contribution in [3.05, 3.63) is 35.3 Å². The first-order valence-corrected chi connectivity index (χ1v) is 6.03. The largest absolute Gasteiger partial charge is 0.493 e. The number of nitrogens with zero attached hydrogens (tertiary/aromatic N) is 1. The van der Waals surface area contributed by atoms with E-state index in [4.69, 9.17) is 10.5 Å². The zero-order chi connectivity index (χ0) is 11.4. The molecule has 0 spiro atoms. The topological polar surface area (TPSA) is 48.1 Å². The summed E-state index contributed by atoms with van der Waals surface area (Å²) in [5, 5.41) is 0.963. The van der Waals surface area contributed by atoms with E-state index in [0.717, 1.165) is 21.2 Å². The van der Waals surface area contributed by atoms with Gasteiger partial charge in [-0.15, -0.1) is 11.3 Å². The molecule has 0 saturated carbocycles. The summed E-state index contributed by atoms with van der Waals surface area (Å²) in [6.07, 6.45) is 1.82. The molecule has 0 bridgehead atoms. The Hall–Kier alpha value is -1.39. The predicted molar refractivity (Wildman–Crippen MR) is 66.6 cm³/mol. The van der Waals surface area contributed by atoms with E-state index in [9.17, 15) is 0 Å². The molecule has 1 aromatic carbocycles. The van der Waals surface area contributed by atoms with Crippen LogP contribution in [-0.2, 0) is 6.54 Å². The van der Waals surface area contributed by atoms with Gasteiger partial charge < -0.3 is 10.5 Å². The fourth-order valence-corrected chi connectivity index (χ4v) is 2.27. The van der Waals surface area contributed by atoms with E-state index in [1.54, 1.807) is 11.3 Å². The van der Waals surface area contributed by atoms with Gasteiger partial charge in [-0.25, -0.2) is 4.98 Å². The zero-order valence-corrected chi connectivity index (χ0v) is 9.96. The Kier molecular flexibility index (Phi) is 3.54. The molecule has 0 atom stereocenters. The molecule has 4 heteroatoms. The van der Waals surface area contributed by atoms with Crippen LogP contribution in [0.2, 0.25) is 0 Å². The summed E-state index contributed by atoms with van der Waals surface area (Å²) in [6.45, 7) is 3.17. The highest BCUT2D eigenvalue weighted by atomic mass is 32.1. The summed E-state index contributed by atoms with van der Waals surface area (Å²) < 4.78 is 5.57. The Bertz CT molecular complexity index is 468. The van der Waals surface area contributed by atoms with E-state index in [0.29, 0.717) is 13.2 Å². The third kappa shape index (κ3) is 2.23. The monoisotopic (exact) mass is 234 g/mol. The molecule has 0 unspecified atom stereocenters. The van der Waals surface area contributed by atoms with Crippen LogP contribution in [0.3, 0.4) is 0 Å². The standard InChI is InChI=1S/C12H14N2OS/c1-2-15-11-6-4-3-5-10(11)12-14-8-9(7-13)16-12/h3-6,8H,2,7,13H2,1H3. The lowest BCUT2D eigenvalue weighted by Crippen LogP contribution is -1.93. The first-order chi connectivity index (χ1) is 7.85. The minimum Gasteiger partial charge on any atom is -0.493 e. The van der Waals surface area contributed by atoms with Gasteiger partial charge in [-0.1, -0.05) is 12.1 Å². The molecule has 2 N–H and O–H groups in total. The Morgan fingerprint density at radius 1 is 1.38 bits per heavy atom. The Morgan fingerprint density at radius 3 is 2.88 bits per heavy atom. The molecule has 2 rings (SSSR count). The summed E-state index contributed by atoms with van der Waals surface area (Å²) in [6, 6.07) is 7.93. The summed E-state index contributed by atoms with van der Waals surface area (Å²) in [7, 11) is 0. The summed E-state index contributed by atoms with van der Waals surface area (Å²) >= 11 is 1.61. The van der Waals surface area contributed by atoms with Crippen molar-refractivity contribution in [3.63, 3.8) is 0 Å². The molecule has 84 valence electrons. The van der Waals surface area contributed by atoms with E-state index >= 15 is 0 Å². The van der Waals surface area contributed by atoms with Crippen molar-refractivity contribution < 1.29 is 4.74 Å². The first kappa shape index (κ1) is 11.1. The van der Waals surface area contributed by atoms with Crippen molar-refractivity contribution in [2.75, 3.05) is 6.61 Å². The van der Waals surface area contributed by atoms with Crippen LogP contribution in [0.25, 0.3) is 10.6 Å². The number of ether oxygens (including phenoxy) is 1. The van der Waals surface area contributed by atoms with Gasteiger partial charge in [-0.2, -0.15) is 0 Å². The summed E-state index contributed by atoms with van der Waals surface area (Å²) in [5.74, 6) is 0.878. The lowest BCUT2D eigenvalue weighted by Gasteiger charge is -2.06. The number of rotatable bonds is 4. The maximum atomic E-state index is 5.58. The van der Waals surface area contributed by atoms with E-state index in [1.165, 1.54) is 0 Å². The highest BCUT2D eigenvalue weighted by molar-refractivity contribution is 7.15. The predicted octanol–water partition coefficient (Wildman–Crippen LogP) is 2.67. The Morgan fingerprint density at radius 2 is 2.19 bits per heavy atom.